The van der Waals surface area contributed by atoms with Gasteiger partial charge in [0.05, 0.1) is 23.7 Å². The van der Waals surface area contributed by atoms with Crippen molar-refractivity contribution in [3.05, 3.63) is 29.8 Å². The Morgan fingerprint density at radius 2 is 1.81 bits per heavy atom. The number of amides is 1. The van der Waals surface area contributed by atoms with Gasteiger partial charge < -0.3 is 14.8 Å². The van der Waals surface area contributed by atoms with Gasteiger partial charge in [-0.3, -0.25) is 4.79 Å². The number of esters is 1. The molecule has 0 atom stereocenters. The SMILES string of the molecule is CC(C)CNC(=O)COC(=O)c1ccc(S(=O)(=O)N2CCOCC2)cc1. The minimum absolute atomic E-state index is 0.102. The van der Waals surface area contributed by atoms with Gasteiger partial charge in [0.1, 0.15) is 0 Å². The molecule has 26 heavy (non-hydrogen) atoms. The van der Waals surface area contributed by atoms with E-state index in [-0.39, 0.29) is 23.0 Å². The highest BCUT2D eigenvalue weighted by Gasteiger charge is 2.26. The highest BCUT2D eigenvalue weighted by molar-refractivity contribution is 7.89. The number of morpholine rings is 1. The second-order valence-electron chi connectivity index (χ2n) is 6.31. The van der Waals surface area contributed by atoms with Gasteiger partial charge in [-0.15, -0.1) is 0 Å². The van der Waals surface area contributed by atoms with Crippen LogP contribution in [0.5, 0.6) is 0 Å². The zero-order valence-corrected chi connectivity index (χ0v) is 15.8. The molecule has 1 aliphatic rings. The van der Waals surface area contributed by atoms with Crippen LogP contribution in [0.15, 0.2) is 29.2 Å². The molecule has 1 fully saturated rings. The Morgan fingerprint density at radius 3 is 2.38 bits per heavy atom. The molecule has 1 saturated heterocycles. The summed E-state index contributed by atoms with van der Waals surface area (Å²) in [4.78, 5) is 23.6. The molecule has 0 unspecified atom stereocenters. The number of ether oxygens (including phenoxy) is 2. The van der Waals surface area contributed by atoms with Crippen LogP contribution in [0, 0.1) is 5.92 Å². The van der Waals surface area contributed by atoms with Crippen LogP contribution in [0.25, 0.3) is 0 Å². The largest absolute Gasteiger partial charge is 0.452 e. The minimum atomic E-state index is -3.61. The Labute approximate surface area is 153 Å². The quantitative estimate of drug-likeness (QED) is 0.692. The number of carbonyl (C=O) groups excluding carboxylic acids is 2. The fourth-order valence-electron chi connectivity index (χ4n) is 2.28. The summed E-state index contributed by atoms with van der Waals surface area (Å²) in [7, 11) is -3.61. The van der Waals surface area contributed by atoms with E-state index in [0.717, 1.165) is 0 Å². The van der Waals surface area contributed by atoms with Crippen LogP contribution in [0.1, 0.15) is 24.2 Å². The van der Waals surface area contributed by atoms with Crippen LogP contribution in [-0.2, 0) is 24.3 Å². The molecule has 144 valence electrons. The number of hydrogen-bond donors (Lipinski definition) is 1. The standard InChI is InChI=1S/C17H24N2O6S/c1-13(2)11-18-16(20)12-25-17(21)14-3-5-15(6-4-14)26(22,23)19-7-9-24-10-8-19/h3-6,13H,7-12H2,1-2H3,(H,18,20). The predicted octanol–water partition coefficient (Wildman–Crippen LogP) is 0.637. The van der Waals surface area contributed by atoms with Gasteiger partial charge in [-0.1, -0.05) is 13.8 Å². The third-order valence-electron chi connectivity index (χ3n) is 3.74. The second-order valence-corrected chi connectivity index (χ2v) is 8.25. The lowest BCUT2D eigenvalue weighted by molar-refractivity contribution is -0.124. The zero-order chi connectivity index (χ0) is 19.2. The highest BCUT2D eigenvalue weighted by atomic mass is 32.2. The fourth-order valence-corrected chi connectivity index (χ4v) is 3.69. The molecule has 1 aromatic carbocycles. The molecule has 1 N–H and O–H groups in total. The molecule has 1 heterocycles. The number of hydrogen-bond acceptors (Lipinski definition) is 6. The topological polar surface area (TPSA) is 102 Å². The van der Waals surface area contributed by atoms with E-state index >= 15 is 0 Å². The summed E-state index contributed by atoms with van der Waals surface area (Å²) in [6.45, 7) is 5.38. The number of carbonyl (C=O) groups is 2. The molecular weight excluding hydrogens is 360 g/mol. The van der Waals surface area contributed by atoms with Crippen molar-refractivity contribution in [2.45, 2.75) is 18.7 Å². The Balaban J connectivity index is 1.93. The first-order chi connectivity index (χ1) is 12.3. The molecule has 0 bridgehead atoms. The van der Waals surface area contributed by atoms with Crippen molar-refractivity contribution in [3.8, 4) is 0 Å². The van der Waals surface area contributed by atoms with Crippen molar-refractivity contribution in [2.75, 3.05) is 39.5 Å². The van der Waals surface area contributed by atoms with E-state index in [1.165, 1.54) is 28.6 Å². The average Bonchev–Trinajstić information content (AvgIpc) is 2.65. The van der Waals surface area contributed by atoms with Crippen LogP contribution >= 0.6 is 0 Å². The van der Waals surface area contributed by atoms with Crippen LogP contribution in [0.2, 0.25) is 0 Å². The molecule has 9 heteroatoms. The number of nitrogens with zero attached hydrogens (tertiary/aromatic N) is 1. The van der Waals surface area contributed by atoms with Crippen LogP contribution in [0.4, 0.5) is 0 Å². The Morgan fingerprint density at radius 1 is 1.19 bits per heavy atom. The summed E-state index contributed by atoms with van der Waals surface area (Å²) in [5.74, 6) is -0.755. The second kappa shape index (κ2) is 9.11. The Kier molecular flexibility index (Phi) is 7.13. The molecule has 1 aliphatic heterocycles. The highest BCUT2D eigenvalue weighted by Crippen LogP contribution is 2.18. The summed E-state index contributed by atoms with van der Waals surface area (Å²) < 4.78 is 36.5. The molecular formula is C17H24N2O6S. The van der Waals surface area contributed by atoms with Gasteiger partial charge in [0.2, 0.25) is 10.0 Å². The van der Waals surface area contributed by atoms with Crippen molar-refractivity contribution in [1.29, 1.82) is 0 Å². The van der Waals surface area contributed by atoms with Crippen molar-refractivity contribution in [3.63, 3.8) is 0 Å². The van der Waals surface area contributed by atoms with Crippen LogP contribution < -0.4 is 5.32 Å². The predicted molar refractivity (Wildman–Crippen MR) is 94.2 cm³/mol. The third kappa shape index (κ3) is 5.52. The summed E-state index contributed by atoms with van der Waals surface area (Å²) in [5.41, 5.74) is 0.183. The molecule has 2 rings (SSSR count). The molecule has 0 spiro atoms. The monoisotopic (exact) mass is 384 g/mol. The number of rotatable bonds is 7. The van der Waals surface area contributed by atoms with E-state index in [0.29, 0.717) is 38.8 Å². The Hall–Kier alpha value is -1.97. The van der Waals surface area contributed by atoms with Gasteiger partial charge in [0, 0.05) is 19.6 Å². The van der Waals surface area contributed by atoms with Gasteiger partial charge in [0.15, 0.2) is 6.61 Å². The van der Waals surface area contributed by atoms with E-state index in [9.17, 15) is 18.0 Å². The molecule has 1 aromatic rings. The fraction of sp³-hybridized carbons (Fsp3) is 0.529. The summed E-state index contributed by atoms with van der Waals surface area (Å²) in [6, 6.07) is 5.48. The van der Waals surface area contributed by atoms with Gasteiger partial charge in [-0.2, -0.15) is 4.31 Å². The van der Waals surface area contributed by atoms with Crippen molar-refractivity contribution in [2.24, 2.45) is 5.92 Å². The van der Waals surface area contributed by atoms with Crippen molar-refractivity contribution >= 4 is 21.9 Å². The smallest absolute Gasteiger partial charge is 0.338 e. The first-order valence-electron chi connectivity index (χ1n) is 8.42. The molecule has 1 amide bonds. The van der Waals surface area contributed by atoms with Gasteiger partial charge >= 0.3 is 5.97 Å². The van der Waals surface area contributed by atoms with E-state index < -0.39 is 16.0 Å². The maximum Gasteiger partial charge on any atom is 0.338 e. The summed E-state index contributed by atoms with van der Waals surface area (Å²) in [5, 5.41) is 2.64. The lowest BCUT2D eigenvalue weighted by Crippen LogP contribution is -2.40. The van der Waals surface area contributed by atoms with E-state index in [1.807, 2.05) is 13.8 Å². The minimum Gasteiger partial charge on any atom is -0.452 e. The normalized spacial score (nSPS) is 15.7. The van der Waals surface area contributed by atoms with Crippen molar-refractivity contribution in [1.82, 2.24) is 9.62 Å². The number of sulfonamides is 1. The first kappa shape index (κ1) is 20.3. The summed E-state index contributed by atoms with van der Waals surface area (Å²) in [6.07, 6.45) is 0. The molecule has 8 nitrogen and oxygen atoms in total. The maximum atomic E-state index is 12.5. The Bertz CT molecular complexity index is 724. The lowest BCUT2D eigenvalue weighted by atomic mass is 10.2. The first-order valence-corrected chi connectivity index (χ1v) is 9.86. The van der Waals surface area contributed by atoms with Gasteiger partial charge in [-0.25, -0.2) is 13.2 Å². The van der Waals surface area contributed by atoms with Crippen LogP contribution in [-0.4, -0.2) is 64.1 Å². The molecule has 0 aromatic heterocycles. The van der Waals surface area contributed by atoms with E-state index in [1.54, 1.807) is 0 Å². The van der Waals surface area contributed by atoms with Gasteiger partial charge in [0.25, 0.3) is 5.91 Å². The third-order valence-corrected chi connectivity index (χ3v) is 5.65. The molecule has 0 saturated carbocycles. The number of benzene rings is 1. The van der Waals surface area contributed by atoms with Crippen molar-refractivity contribution < 1.29 is 27.5 Å². The zero-order valence-electron chi connectivity index (χ0n) is 14.9. The summed E-state index contributed by atoms with van der Waals surface area (Å²) >= 11 is 0. The lowest BCUT2D eigenvalue weighted by Gasteiger charge is -2.26. The van der Waals surface area contributed by atoms with Gasteiger partial charge in [-0.05, 0) is 30.2 Å². The van der Waals surface area contributed by atoms with E-state index in [2.05, 4.69) is 5.32 Å². The van der Waals surface area contributed by atoms with E-state index in [4.69, 9.17) is 9.47 Å². The average molecular weight is 384 g/mol. The van der Waals surface area contributed by atoms with Crippen LogP contribution in [0.3, 0.4) is 0 Å². The molecule has 0 aliphatic carbocycles. The molecule has 0 radical (unpaired) electrons. The number of nitrogens with one attached hydrogen (secondary N) is 1. The maximum absolute atomic E-state index is 12.5.